The molecular formula is C24H20F3NO2. The fourth-order valence-electron chi connectivity index (χ4n) is 3.95. The molecule has 4 rings (SSSR count). The maximum Gasteiger partial charge on any atom is 0.233 e. The van der Waals surface area contributed by atoms with Gasteiger partial charge in [-0.15, -0.1) is 0 Å². The third-order valence-corrected chi connectivity index (χ3v) is 5.54. The van der Waals surface area contributed by atoms with Crippen molar-refractivity contribution in [1.29, 1.82) is 0 Å². The monoisotopic (exact) mass is 411 g/mol. The molecule has 6 heteroatoms. The molecule has 0 spiro atoms. The van der Waals surface area contributed by atoms with Crippen molar-refractivity contribution >= 4 is 11.6 Å². The van der Waals surface area contributed by atoms with Crippen molar-refractivity contribution in [3.05, 3.63) is 101 Å². The number of carbonyl (C=O) groups is 1. The highest BCUT2D eigenvalue weighted by atomic mass is 19.1. The first kappa shape index (κ1) is 20.2. The van der Waals surface area contributed by atoms with E-state index in [0.717, 1.165) is 5.56 Å². The summed E-state index contributed by atoms with van der Waals surface area (Å²) in [6.45, 7) is 0. The fourth-order valence-corrected chi connectivity index (χ4v) is 3.95. The Bertz CT molecular complexity index is 1020. The van der Waals surface area contributed by atoms with Gasteiger partial charge in [-0.25, -0.2) is 13.2 Å². The molecule has 1 saturated heterocycles. The van der Waals surface area contributed by atoms with Gasteiger partial charge in [0.15, 0.2) is 0 Å². The highest BCUT2D eigenvalue weighted by Gasteiger charge is 2.48. The molecule has 3 aromatic carbocycles. The fraction of sp³-hybridized carbons (Fsp3) is 0.208. The molecule has 1 N–H and O–H groups in total. The molecule has 0 saturated carbocycles. The Kier molecular flexibility index (Phi) is 5.59. The van der Waals surface area contributed by atoms with E-state index in [1.165, 1.54) is 60.7 Å². The lowest BCUT2D eigenvalue weighted by Gasteiger charge is -2.48. The summed E-state index contributed by atoms with van der Waals surface area (Å²) in [5, 5.41) is 10.4. The largest absolute Gasteiger partial charge is 0.388 e. The zero-order valence-corrected chi connectivity index (χ0v) is 16.0. The van der Waals surface area contributed by atoms with Crippen molar-refractivity contribution in [3.63, 3.8) is 0 Å². The van der Waals surface area contributed by atoms with Crippen LogP contribution in [-0.4, -0.2) is 11.0 Å². The molecule has 3 nitrogen and oxygen atoms in total. The van der Waals surface area contributed by atoms with Crippen molar-refractivity contribution in [2.45, 2.75) is 25.0 Å². The molecule has 0 bridgehead atoms. The Labute approximate surface area is 172 Å². The summed E-state index contributed by atoms with van der Waals surface area (Å²) in [5.74, 6) is -1.70. The summed E-state index contributed by atoms with van der Waals surface area (Å²) in [6.07, 6.45) is -0.110. The lowest BCUT2D eigenvalue weighted by Crippen LogP contribution is -2.55. The average Bonchev–Trinajstić information content (AvgIpc) is 2.74. The minimum Gasteiger partial charge on any atom is -0.388 e. The van der Waals surface area contributed by atoms with Gasteiger partial charge in [0.05, 0.1) is 18.1 Å². The lowest BCUT2D eigenvalue weighted by molar-refractivity contribution is -0.131. The number of halogens is 3. The van der Waals surface area contributed by atoms with Crippen LogP contribution in [0.15, 0.2) is 72.8 Å². The molecule has 1 fully saturated rings. The Balaban J connectivity index is 1.55. The zero-order chi connectivity index (χ0) is 21.3. The topological polar surface area (TPSA) is 40.5 Å². The van der Waals surface area contributed by atoms with Crippen LogP contribution in [0.2, 0.25) is 0 Å². The number of anilines is 1. The zero-order valence-electron chi connectivity index (χ0n) is 16.0. The number of hydrogen-bond acceptors (Lipinski definition) is 2. The van der Waals surface area contributed by atoms with Crippen LogP contribution in [0.3, 0.4) is 0 Å². The highest BCUT2D eigenvalue weighted by Crippen LogP contribution is 2.46. The Morgan fingerprint density at radius 3 is 1.87 bits per heavy atom. The van der Waals surface area contributed by atoms with E-state index in [1.807, 2.05) is 0 Å². The van der Waals surface area contributed by atoms with Crippen LogP contribution in [0.4, 0.5) is 18.9 Å². The number of carbonyl (C=O) groups excluding carboxylic acids is 1. The van der Waals surface area contributed by atoms with Crippen LogP contribution in [0.5, 0.6) is 0 Å². The number of nitrogens with zero attached hydrogens (tertiary/aromatic N) is 1. The summed E-state index contributed by atoms with van der Waals surface area (Å²) in [5.41, 5.74) is 1.91. The van der Waals surface area contributed by atoms with Crippen LogP contribution in [-0.2, 0) is 4.79 Å². The van der Waals surface area contributed by atoms with Crippen LogP contribution in [0.25, 0.3) is 0 Å². The summed E-state index contributed by atoms with van der Waals surface area (Å²) in [6, 6.07) is 16.8. The molecule has 3 aromatic rings. The van der Waals surface area contributed by atoms with Gasteiger partial charge >= 0.3 is 0 Å². The van der Waals surface area contributed by atoms with Crippen LogP contribution in [0.1, 0.15) is 36.1 Å². The van der Waals surface area contributed by atoms with Gasteiger partial charge in [0.2, 0.25) is 5.91 Å². The van der Waals surface area contributed by atoms with Crippen molar-refractivity contribution < 1.29 is 23.1 Å². The van der Waals surface area contributed by atoms with Gasteiger partial charge in [-0.1, -0.05) is 24.3 Å². The Morgan fingerprint density at radius 1 is 0.800 bits per heavy atom. The van der Waals surface area contributed by atoms with Crippen molar-refractivity contribution in [3.8, 4) is 0 Å². The number of aliphatic hydroxyl groups excluding tert-OH is 1. The molecule has 3 unspecified atom stereocenters. The summed E-state index contributed by atoms with van der Waals surface area (Å²) < 4.78 is 39.8. The quantitative estimate of drug-likeness (QED) is 0.558. The molecular weight excluding hydrogens is 391 g/mol. The predicted octanol–water partition coefficient (Wildman–Crippen LogP) is 5.32. The van der Waals surface area contributed by atoms with Gasteiger partial charge in [0, 0.05) is 5.69 Å². The third kappa shape index (κ3) is 3.96. The minimum atomic E-state index is -0.827. The van der Waals surface area contributed by atoms with Crippen molar-refractivity contribution in [2.75, 3.05) is 4.90 Å². The smallest absolute Gasteiger partial charge is 0.233 e. The maximum absolute atomic E-state index is 13.4. The van der Waals surface area contributed by atoms with Gasteiger partial charge in [-0.05, 0) is 72.5 Å². The first-order valence-corrected chi connectivity index (χ1v) is 9.71. The Hall–Kier alpha value is -3.12. The standard InChI is InChI=1S/C24H20F3NO2/c25-17-5-1-15(2-6-17)22(29)14-13-21-23(16-3-7-18(26)8-4-16)28(24(21)30)20-11-9-19(27)10-12-20/h1-12,21-23,29H,13-14H2. The van der Waals surface area contributed by atoms with E-state index >= 15 is 0 Å². The van der Waals surface area contributed by atoms with Crippen LogP contribution < -0.4 is 4.90 Å². The van der Waals surface area contributed by atoms with Gasteiger partial charge in [0.25, 0.3) is 0 Å². The van der Waals surface area contributed by atoms with E-state index in [4.69, 9.17) is 0 Å². The first-order chi connectivity index (χ1) is 14.4. The molecule has 154 valence electrons. The number of β-lactam (4-membered cyclic amide) rings is 1. The molecule has 0 radical (unpaired) electrons. The lowest BCUT2D eigenvalue weighted by atomic mass is 9.78. The molecule has 0 aliphatic carbocycles. The predicted molar refractivity (Wildman–Crippen MR) is 107 cm³/mol. The molecule has 1 aliphatic rings. The van der Waals surface area contributed by atoms with Gasteiger partial charge in [-0.3, -0.25) is 4.79 Å². The summed E-state index contributed by atoms with van der Waals surface area (Å²) in [7, 11) is 0. The SMILES string of the molecule is O=C1C(CCC(O)c2ccc(F)cc2)C(c2ccc(F)cc2)N1c1ccc(F)cc1. The minimum absolute atomic E-state index is 0.137. The van der Waals surface area contributed by atoms with E-state index < -0.39 is 17.8 Å². The maximum atomic E-state index is 13.4. The van der Waals surface area contributed by atoms with E-state index in [1.54, 1.807) is 17.0 Å². The number of aliphatic hydroxyl groups is 1. The number of benzene rings is 3. The number of amides is 1. The second kappa shape index (κ2) is 8.32. The third-order valence-electron chi connectivity index (χ3n) is 5.54. The van der Waals surface area contributed by atoms with Gasteiger partial charge in [-0.2, -0.15) is 0 Å². The highest BCUT2D eigenvalue weighted by molar-refractivity contribution is 6.03. The van der Waals surface area contributed by atoms with Gasteiger partial charge in [0.1, 0.15) is 17.5 Å². The second-order valence-corrected chi connectivity index (χ2v) is 7.43. The molecule has 3 atom stereocenters. The van der Waals surface area contributed by atoms with Crippen LogP contribution >= 0.6 is 0 Å². The van der Waals surface area contributed by atoms with E-state index in [0.29, 0.717) is 24.1 Å². The van der Waals surface area contributed by atoms with Crippen LogP contribution in [0, 0.1) is 23.4 Å². The van der Waals surface area contributed by atoms with Gasteiger partial charge < -0.3 is 10.0 Å². The van der Waals surface area contributed by atoms with Crippen molar-refractivity contribution in [2.24, 2.45) is 5.92 Å². The summed E-state index contributed by atoms with van der Waals surface area (Å²) >= 11 is 0. The molecule has 1 amide bonds. The Morgan fingerprint density at radius 2 is 1.30 bits per heavy atom. The summed E-state index contributed by atoms with van der Waals surface area (Å²) in [4.78, 5) is 14.5. The van der Waals surface area contributed by atoms with Crippen molar-refractivity contribution in [1.82, 2.24) is 0 Å². The second-order valence-electron chi connectivity index (χ2n) is 7.43. The van der Waals surface area contributed by atoms with E-state index in [-0.39, 0.29) is 23.6 Å². The molecule has 1 heterocycles. The average molecular weight is 411 g/mol. The first-order valence-electron chi connectivity index (χ1n) is 9.71. The normalized spacial score (nSPS) is 19.5. The molecule has 30 heavy (non-hydrogen) atoms. The molecule has 0 aromatic heterocycles. The van der Waals surface area contributed by atoms with E-state index in [9.17, 15) is 23.1 Å². The molecule has 1 aliphatic heterocycles. The number of rotatable bonds is 6. The van der Waals surface area contributed by atoms with E-state index in [2.05, 4.69) is 0 Å². The number of hydrogen-bond donors (Lipinski definition) is 1.